The maximum Gasteiger partial charge on any atom is 0.251 e. The van der Waals surface area contributed by atoms with Crippen molar-refractivity contribution < 1.29 is 4.79 Å². The van der Waals surface area contributed by atoms with Crippen LogP contribution in [0.4, 0.5) is 5.69 Å². The van der Waals surface area contributed by atoms with Crippen LogP contribution < -0.4 is 11.1 Å². The van der Waals surface area contributed by atoms with Gasteiger partial charge >= 0.3 is 0 Å². The van der Waals surface area contributed by atoms with Gasteiger partial charge in [-0.05, 0) is 56.7 Å². The first-order chi connectivity index (χ1) is 11.7. The second-order valence-electron chi connectivity index (χ2n) is 7.29. The average Bonchev–Trinajstić information content (AvgIpc) is 2.88. The van der Waals surface area contributed by atoms with E-state index < -0.39 is 0 Å². The predicted octanol–water partition coefficient (Wildman–Crippen LogP) is 4.45. The summed E-state index contributed by atoms with van der Waals surface area (Å²) in [5, 5.41) is 4.62. The molecule has 2 aromatic carbocycles. The Hall–Kier alpha value is -2.46. The second-order valence-corrected chi connectivity index (χ2v) is 7.70. The van der Waals surface area contributed by atoms with Crippen molar-refractivity contribution in [2.24, 2.45) is 0 Å². The number of nitrogen functional groups attached to an aromatic ring is 1. The fourth-order valence-corrected chi connectivity index (χ4v) is 3.21. The summed E-state index contributed by atoms with van der Waals surface area (Å²) in [5.41, 5.74) is 8.87. The van der Waals surface area contributed by atoms with E-state index in [1.54, 1.807) is 6.07 Å². The zero-order valence-electron chi connectivity index (χ0n) is 14.6. The molecule has 0 unspecified atom stereocenters. The molecule has 130 valence electrons. The number of amides is 1. The summed E-state index contributed by atoms with van der Waals surface area (Å²) in [6.07, 6.45) is 1.98. The molecule has 4 nitrogen and oxygen atoms in total. The van der Waals surface area contributed by atoms with Crippen LogP contribution in [0.15, 0.2) is 48.7 Å². The fraction of sp³-hybridized carbons (Fsp3) is 0.250. The molecule has 3 N–H and O–H groups in total. The minimum atomic E-state index is -0.267. The highest BCUT2D eigenvalue weighted by atomic mass is 35.5. The van der Waals surface area contributed by atoms with Crippen LogP contribution in [-0.4, -0.2) is 16.0 Å². The third kappa shape index (κ3) is 3.97. The largest absolute Gasteiger partial charge is 0.399 e. The van der Waals surface area contributed by atoms with Crippen LogP contribution in [0.3, 0.4) is 0 Å². The quantitative estimate of drug-likeness (QED) is 0.682. The van der Waals surface area contributed by atoms with Gasteiger partial charge in [-0.3, -0.25) is 4.79 Å². The number of aromatic nitrogens is 1. The van der Waals surface area contributed by atoms with Gasteiger partial charge in [-0.2, -0.15) is 0 Å². The number of hydrogen-bond acceptors (Lipinski definition) is 2. The third-order valence-corrected chi connectivity index (χ3v) is 4.16. The first-order valence-corrected chi connectivity index (χ1v) is 8.56. The van der Waals surface area contributed by atoms with Crippen molar-refractivity contribution in [3.8, 4) is 0 Å². The topological polar surface area (TPSA) is 60.0 Å². The van der Waals surface area contributed by atoms with Crippen LogP contribution >= 0.6 is 11.6 Å². The highest BCUT2D eigenvalue weighted by molar-refractivity contribution is 6.35. The lowest BCUT2D eigenvalue weighted by Crippen LogP contribution is -2.40. The van der Waals surface area contributed by atoms with Gasteiger partial charge in [0.05, 0.1) is 10.5 Å². The maximum absolute atomic E-state index is 12.4. The molecule has 3 aromatic rings. The van der Waals surface area contributed by atoms with E-state index in [1.807, 2.05) is 63.4 Å². The van der Waals surface area contributed by atoms with Gasteiger partial charge in [0.25, 0.3) is 5.91 Å². The molecule has 0 bridgehead atoms. The number of halogens is 1. The molecule has 25 heavy (non-hydrogen) atoms. The Morgan fingerprint density at radius 1 is 1.20 bits per heavy atom. The smallest absolute Gasteiger partial charge is 0.251 e. The van der Waals surface area contributed by atoms with E-state index >= 15 is 0 Å². The Kier molecular flexibility index (Phi) is 4.48. The van der Waals surface area contributed by atoms with Crippen LogP contribution in [0, 0.1) is 0 Å². The number of anilines is 1. The van der Waals surface area contributed by atoms with Gasteiger partial charge in [0.15, 0.2) is 0 Å². The number of nitrogens with one attached hydrogen (secondary N) is 1. The third-order valence-electron chi connectivity index (χ3n) is 3.87. The molecule has 0 saturated heterocycles. The lowest BCUT2D eigenvalue weighted by atomic mass is 10.1. The van der Waals surface area contributed by atoms with E-state index in [1.165, 1.54) is 0 Å². The van der Waals surface area contributed by atoms with Crippen LogP contribution in [-0.2, 0) is 6.54 Å². The van der Waals surface area contributed by atoms with Gasteiger partial charge in [-0.1, -0.05) is 23.7 Å². The van der Waals surface area contributed by atoms with Crippen molar-refractivity contribution in [3.63, 3.8) is 0 Å². The summed E-state index contributed by atoms with van der Waals surface area (Å²) in [6.45, 7) is 6.53. The molecule has 0 aliphatic carbocycles. The van der Waals surface area contributed by atoms with Gasteiger partial charge in [0.2, 0.25) is 0 Å². The van der Waals surface area contributed by atoms with Crippen LogP contribution in [0.2, 0.25) is 5.02 Å². The summed E-state index contributed by atoms with van der Waals surface area (Å²) < 4.78 is 2.07. The first-order valence-electron chi connectivity index (χ1n) is 8.18. The summed E-state index contributed by atoms with van der Waals surface area (Å²) in [7, 11) is 0. The van der Waals surface area contributed by atoms with Crippen molar-refractivity contribution in [1.82, 2.24) is 9.88 Å². The lowest BCUT2D eigenvalue weighted by molar-refractivity contribution is 0.0919. The molecule has 1 aromatic heterocycles. The minimum Gasteiger partial charge on any atom is -0.399 e. The Morgan fingerprint density at radius 3 is 2.68 bits per heavy atom. The summed E-state index contributed by atoms with van der Waals surface area (Å²) in [6, 6.07) is 13.3. The van der Waals surface area contributed by atoms with Gasteiger partial charge in [0.1, 0.15) is 0 Å². The number of carbonyl (C=O) groups is 1. The molecule has 0 fully saturated rings. The van der Waals surface area contributed by atoms with Crippen molar-refractivity contribution in [2.45, 2.75) is 32.9 Å². The normalized spacial score (nSPS) is 11.7. The molecule has 0 spiro atoms. The molecule has 5 heteroatoms. The van der Waals surface area contributed by atoms with Crippen LogP contribution in [0.25, 0.3) is 10.9 Å². The molecule has 1 heterocycles. The lowest BCUT2D eigenvalue weighted by Gasteiger charge is -2.20. The second kappa shape index (κ2) is 6.45. The van der Waals surface area contributed by atoms with Crippen molar-refractivity contribution in [1.29, 1.82) is 0 Å². The van der Waals surface area contributed by atoms with Gasteiger partial charge in [-0.15, -0.1) is 0 Å². The number of carbonyl (C=O) groups excluding carboxylic acids is 1. The molecule has 0 aliphatic heterocycles. The molecule has 0 atom stereocenters. The Balaban J connectivity index is 1.89. The summed E-state index contributed by atoms with van der Waals surface area (Å²) in [4.78, 5) is 12.4. The highest BCUT2D eigenvalue weighted by Crippen LogP contribution is 2.28. The van der Waals surface area contributed by atoms with Crippen molar-refractivity contribution in [3.05, 3.63) is 64.8 Å². The van der Waals surface area contributed by atoms with E-state index in [9.17, 15) is 4.79 Å². The van der Waals surface area contributed by atoms with Gasteiger partial charge in [0, 0.05) is 34.9 Å². The number of nitrogens with two attached hydrogens (primary N) is 1. The highest BCUT2D eigenvalue weighted by Gasteiger charge is 2.15. The average molecular weight is 356 g/mol. The van der Waals surface area contributed by atoms with Crippen molar-refractivity contribution >= 4 is 34.1 Å². The number of fused-ring (bicyclic) bond motifs is 1. The van der Waals surface area contributed by atoms with E-state index in [0.717, 1.165) is 16.5 Å². The van der Waals surface area contributed by atoms with Gasteiger partial charge < -0.3 is 15.6 Å². The Morgan fingerprint density at radius 2 is 1.96 bits per heavy atom. The molecular formula is C20H22ClN3O. The molecular weight excluding hydrogens is 334 g/mol. The van der Waals surface area contributed by atoms with Crippen LogP contribution in [0.5, 0.6) is 0 Å². The zero-order valence-corrected chi connectivity index (χ0v) is 15.4. The van der Waals surface area contributed by atoms with E-state index in [4.69, 9.17) is 17.3 Å². The number of nitrogens with zero attached hydrogens (tertiary/aromatic N) is 1. The standard InChI is InChI=1S/C20H22ClN3O/c1-20(2,3)23-19(25)15-6-4-5-13(9-15)12-24-8-7-14-10-16(22)11-17(21)18(14)24/h4-11H,12,22H2,1-3H3,(H,23,25). The summed E-state index contributed by atoms with van der Waals surface area (Å²) in [5.74, 6) is -0.0717. The number of hydrogen-bond donors (Lipinski definition) is 2. The molecule has 0 radical (unpaired) electrons. The number of benzene rings is 2. The van der Waals surface area contributed by atoms with E-state index in [2.05, 4.69) is 9.88 Å². The minimum absolute atomic E-state index is 0.0717. The molecule has 0 aliphatic rings. The molecule has 3 rings (SSSR count). The van der Waals surface area contributed by atoms with Gasteiger partial charge in [-0.25, -0.2) is 0 Å². The van der Waals surface area contributed by atoms with Crippen molar-refractivity contribution in [2.75, 3.05) is 5.73 Å². The fourth-order valence-electron chi connectivity index (χ4n) is 2.87. The van der Waals surface area contributed by atoms with Crippen LogP contribution in [0.1, 0.15) is 36.7 Å². The van der Waals surface area contributed by atoms with E-state index in [0.29, 0.717) is 22.8 Å². The Labute approximate surface area is 152 Å². The first kappa shape index (κ1) is 17.4. The monoisotopic (exact) mass is 355 g/mol. The number of rotatable bonds is 3. The zero-order chi connectivity index (χ0) is 18.2. The Bertz CT molecular complexity index is 938. The van der Waals surface area contributed by atoms with E-state index in [-0.39, 0.29) is 11.4 Å². The summed E-state index contributed by atoms with van der Waals surface area (Å²) >= 11 is 6.36. The SMILES string of the molecule is CC(C)(C)NC(=O)c1cccc(Cn2ccc3cc(N)cc(Cl)c32)c1. The molecule has 1 amide bonds. The predicted molar refractivity (Wildman–Crippen MR) is 104 cm³/mol. The maximum atomic E-state index is 12.4. The molecule has 0 saturated carbocycles.